The van der Waals surface area contributed by atoms with Gasteiger partial charge in [-0.05, 0) is 60.1 Å². The molecule has 26 heavy (non-hydrogen) atoms. The normalized spacial score (nSPS) is 24.6. The van der Waals surface area contributed by atoms with Crippen molar-refractivity contribution in [3.63, 3.8) is 0 Å². The minimum atomic E-state index is 0.551. The van der Waals surface area contributed by atoms with E-state index < -0.39 is 0 Å². The maximum atomic E-state index is 2.47. The Morgan fingerprint density at radius 3 is 1.65 bits per heavy atom. The van der Waals surface area contributed by atoms with E-state index in [1.807, 2.05) is 0 Å². The topological polar surface area (TPSA) is 6.48 Å². The molecule has 0 N–H and O–H groups in total. The zero-order valence-electron chi connectivity index (χ0n) is 15.5. The summed E-state index contributed by atoms with van der Waals surface area (Å²) in [6.45, 7) is 4.62. The largest absolute Gasteiger partial charge is 0.347 e. The summed E-state index contributed by atoms with van der Waals surface area (Å²) < 4.78 is 0. The molecule has 2 heteroatoms. The van der Waals surface area contributed by atoms with Gasteiger partial charge in [0.15, 0.2) is 0 Å². The predicted molar refractivity (Wildman–Crippen MR) is 110 cm³/mol. The minimum Gasteiger partial charge on any atom is -0.347 e. The van der Waals surface area contributed by atoms with Gasteiger partial charge in [0.25, 0.3) is 0 Å². The van der Waals surface area contributed by atoms with Crippen molar-refractivity contribution in [2.45, 2.75) is 32.6 Å². The van der Waals surface area contributed by atoms with Crippen molar-refractivity contribution in [3.8, 4) is 0 Å². The molecule has 0 aromatic heterocycles. The Kier molecular flexibility index (Phi) is 3.85. The van der Waals surface area contributed by atoms with E-state index in [0.29, 0.717) is 5.92 Å². The molecule has 0 radical (unpaired) electrons. The van der Waals surface area contributed by atoms with Gasteiger partial charge < -0.3 is 9.80 Å². The fourth-order valence-corrected chi connectivity index (χ4v) is 4.71. The Labute approximate surface area is 156 Å². The second kappa shape index (κ2) is 6.35. The van der Waals surface area contributed by atoms with Crippen molar-refractivity contribution in [3.05, 3.63) is 83.2 Å². The fraction of sp³-hybridized carbons (Fsp3) is 0.333. The first-order chi connectivity index (χ1) is 12.8. The van der Waals surface area contributed by atoms with Crippen LogP contribution < -0.4 is 9.80 Å². The van der Waals surface area contributed by atoms with E-state index >= 15 is 0 Å². The Morgan fingerprint density at radius 2 is 1.15 bits per heavy atom. The Bertz CT molecular complexity index is 819. The molecule has 5 rings (SSSR count). The van der Waals surface area contributed by atoms with Gasteiger partial charge in [0.1, 0.15) is 0 Å². The van der Waals surface area contributed by atoms with Crippen LogP contribution in [-0.4, -0.2) is 13.1 Å². The van der Waals surface area contributed by atoms with Gasteiger partial charge in [-0.15, -0.1) is 0 Å². The van der Waals surface area contributed by atoms with Gasteiger partial charge in [-0.3, -0.25) is 0 Å². The smallest absolute Gasteiger partial charge is 0.0439 e. The highest BCUT2D eigenvalue weighted by Gasteiger charge is 2.26. The van der Waals surface area contributed by atoms with Crippen LogP contribution in [0.25, 0.3) is 0 Å². The molecule has 2 aromatic rings. The molecule has 2 heterocycles. The number of nitrogens with zero attached hydrogens (tertiary/aromatic N) is 2. The van der Waals surface area contributed by atoms with Crippen LogP contribution in [0.15, 0.2) is 72.1 Å². The van der Waals surface area contributed by atoms with E-state index in [1.54, 1.807) is 11.1 Å². The maximum absolute atomic E-state index is 2.47. The minimum absolute atomic E-state index is 0.551. The van der Waals surface area contributed by atoms with Crippen LogP contribution >= 0.6 is 0 Å². The molecule has 0 saturated heterocycles. The van der Waals surface area contributed by atoms with E-state index in [2.05, 4.69) is 77.7 Å². The summed E-state index contributed by atoms with van der Waals surface area (Å²) in [5, 5.41) is 0. The van der Waals surface area contributed by atoms with E-state index in [0.717, 1.165) is 13.1 Å². The van der Waals surface area contributed by atoms with Gasteiger partial charge in [0.05, 0.1) is 0 Å². The molecule has 0 atom stereocenters. The lowest BCUT2D eigenvalue weighted by atomic mass is 10.0. The molecule has 2 aromatic carbocycles. The first-order valence-corrected chi connectivity index (χ1v) is 9.90. The predicted octanol–water partition coefficient (Wildman–Crippen LogP) is 5.31. The highest BCUT2D eigenvalue weighted by atomic mass is 15.1. The summed E-state index contributed by atoms with van der Waals surface area (Å²) in [5.41, 5.74) is 8.94. The Balaban J connectivity index is 1.37. The van der Waals surface area contributed by atoms with Crippen LogP contribution in [0.2, 0.25) is 0 Å². The van der Waals surface area contributed by atoms with Gasteiger partial charge >= 0.3 is 0 Å². The zero-order valence-corrected chi connectivity index (χ0v) is 15.5. The van der Waals surface area contributed by atoms with Crippen molar-refractivity contribution >= 4 is 11.4 Å². The van der Waals surface area contributed by atoms with E-state index in [9.17, 15) is 0 Å². The molecule has 132 valence electrons. The number of hydrogen-bond donors (Lipinski definition) is 0. The third kappa shape index (κ3) is 2.65. The monoisotopic (exact) mass is 342 g/mol. The molecule has 0 unspecified atom stereocenters. The summed E-state index contributed by atoms with van der Waals surface area (Å²) in [4.78, 5) is 4.94. The van der Waals surface area contributed by atoms with Gasteiger partial charge in [-0.1, -0.05) is 43.3 Å². The number of hydrogen-bond acceptors (Lipinski definition) is 2. The van der Waals surface area contributed by atoms with Crippen molar-refractivity contribution < 1.29 is 0 Å². The molecule has 2 aliphatic heterocycles. The number of anilines is 2. The third-order valence-corrected chi connectivity index (χ3v) is 6.30. The lowest BCUT2D eigenvalue weighted by Gasteiger charge is -2.19. The molecule has 0 bridgehead atoms. The van der Waals surface area contributed by atoms with Crippen LogP contribution in [0.1, 0.15) is 30.9 Å². The molecule has 1 aliphatic carbocycles. The molecular weight excluding hydrogens is 316 g/mol. The second-order valence-corrected chi connectivity index (χ2v) is 7.77. The maximum Gasteiger partial charge on any atom is 0.0439 e. The van der Waals surface area contributed by atoms with Crippen molar-refractivity contribution in [1.29, 1.82) is 0 Å². The lowest BCUT2D eigenvalue weighted by Crippen LogP contribution is -2.15. The highest BCUT2D eigenvalue weighted by molar-refractivity contribution is 5.62. The molecule has 1 saturated carbocycles. The SMILES string of the molecule is CC1/C(=C/N2CCc3ccccc32)CC/C1=C\N1CCc2ccccc21. The molecule has 0 amide bonds. The first-order valence-electron chi connectivity index (χ1n) is 9.90. The lowest BCUT2D eigenvalue weighted by molar-refractivity contribution is 0.829. The molecule has 0 spiro atoms. The van der Waals surface area contributed by atoms with Crippen LogP contribution in [-0.2, 0) is 12.8 Å². The summed E-state index contributed by atoms with van der Waals surface area (Å²) in [5.74, 6) is 0.551. The summed E-state index contributed by atoms with van der Waals surface area (Å²) in [6.07, 6.45) is 9.61. The second-order valence-electron chi connectivity index (χ2n) is 7.77. The van der Waals surface area contributed by atoms with Crippen molar-refractivity contribution in [2.75, 3.05) is 22.9 Å². The average Bonchev–Trinajstić information content (AvgIpc) is 3.36. The molecule has 1 fully saturated rings. The van der Waals surface area contributed by atoms with Gasteiger partial charge in [0.2, 0.25) is 0 Å². The molecule has 2 nitrogen and oxygen atoms in total. The van der Waals surface area contributed by atoms with Crippen molar-refractivity contribution in [1.82, 2.24) is 0 Å². The fourth-order valence-electron chi connectivity index (χ4n) is 4.71. The van der Waals surface area contributed by atoms with Gasteiger partial charge in [-0.25, -0.2) is 0 Å². The van der Waals surface area contributed by atoms with Crippen LogP contribution in [0.3, 0.4) is 0 Å². The number of fused-ring (bicyclic) bond motifs is 2. The van der Waals surface area contributed by atoms with Crippen molar-refractivity contribution in [2.24, 2.45) is 5.92 Å². The number of benzene rings is 2. The quantitative estimate of drug-likeness (QED) is 0.730. The standard InChI is InChI=1S/C24H26N2/c1-18-21(16-25-14-12-19-6-2-4-8-23(19)25)10-11-22(18)17-26-15-13-20-7-3-5-9-24(20)26/h2-9,16-18H,10-15H2,1H3/b21-16+,22-17+. The summed E-state index contributed by atoms with van der Waals surface area (Å²) in [7, 11) is 0. The number of rotatable bonds is 2. The van der Waals surface area contributed by atoms with Crippen LogP contribution in [0, 0.1) is 5.92 Å². The van der Waals surface area contributed by atoms with Gasteiger partial charge in [-0.2, -0.15) is 0 Å². The van der Waals surface area contributed by atoms with E-state index in [4.69, 9.17) is 0 Å². The first kappa shape index (κ1) is 15.7. The summed E-state index contributed by atoms with van der Waals surface area (Å²) in [6, 6.07) is 17.7. The van der Waals surface area contributed by atoms with Crippen LogP contribution in [0.4, 0.5) is 11.4 Å². The average molecular weight is 342 g/mol. The zero-order chi connectivity index (χ0) is 17.5. The molecule has 3 aliphatic rings. The van der Waals surface area contributed by atoms with E-state index in [1.165, 1.54) is 48.2 Å². The van der Waals surface area contributed by atoms with E-state index in [-0.39, 0.29) is 0 Å². The third-order valence-electron chi connectivity index (χ3n) is 6.30. The molecular formula is C24H26N2. The summed E-state index contributed by atoms with van der Waals surface area (Å²) >= 11 is 0. The highest BCUT2D eigenvalue weighted by Crippen LogP contribution is 2.39. The van der Waals surface area contributed by atoms with Crippen LogP contribution in [0.5, 0.6) is 0 Å². The van der Waals surface area contributed by atoms with Gasteiger partial charge in [0, 0.05) is 42.8 Å². The Morgan fingerprint density at radius 1 is 0.692 bits per heavy atom. The Hall–Kier alpha value is -2.48. The number of para-hydroxylation sites is 2. The number of allylic oxidation sites excluding steroid dienone is 2.